The lowest BCUT2D eigenvalue weighted by Gasteiger charge is -2.40. The van der Waals surface area contributed by atoms with Crippen molar-refractivity contribution in [1.82, 2.24) is 0 Å². The van der Waals surface area contributed by atoms with Crippen molar-refractivity contribution < 1.29 is 49.0 Å². The molecule has 11 heteroatoms. The summed E-state index contributed by atoms with van der Waals surface area (Å²) < 4.78 is 22.0. The fourth-order valence-electron chi connectivity index (χ4n) is 3.75. The molecule has 5 atom stereocenters. The summed E-state index contributed by atoms with van der Waals surface area (Å²) in [5.41, 5.74) is -0.709. The summed E-state index contributed by atoms with van der Waals surface area (Å²) in [6.07, 6.45) is -6.98. The molecule has 1 unspecified atom stereocenters. The molecule has 2 aromatic carbocycles. The van der Waals surface area contributed by atoms with Crippen LogP contribution in [-0.4, -0.2) is 62.2 Å². The van der Waals surface area contributed by atoms with Crippen LogP contribution in [0.2, 0.25) is 0 Å². The molecule has 180 valence electrons. The largest absolute Gasteiger partial charge is 0.508 e. The fraction of sp³-hybridized carbons (Fsp3) is 0.304. The van der Waals surface area contributed by atoms with Crippen molar-refractivity contribution in [2.75, 3.05) is 0 Å². The second-order valence-corrected chi connectivity index (χ2v) is 7.86. The van der Waals surface area contributed by atoms with Gasteiger partial charge < -0.3 is 44.2 Å². The molecule has 0 bridgehead atoms. The smallest absolute Gasteiger partial charge is 0.303 e. The van der Waals surface area contributed by atoms with Gasteiger partial charge in [-0.3, -0.25) is 9.59 Å². The molecule has 0 radical (unpaired) electrons. The molecule has 2 heterocycles. The Hall–Kier alpha value is -3.80. The first-order valence-corrected chi connectivity index (χ1v) is 10.2. The Labute approximate surface area is 192 Å². The molecule has 1 aliphatic heterocycles. The molecule has 0 aliphatic carbocycles. The van der Waals surface area contributed by atoms with Gasteiger partial charge in [-0.1, -0.05) is 0 Å². The van der Waals surface area contributed by atoms with Crippen molar-refractivity contribution in [3.05, 3.63) is 46.6 Å². The van der Waals surface area contributed by atoms with Gasteiger partial charge in [0.1, 0.15) is 40.4 Å². The van der Waals surface area contributed by atoms with Crippen LogP contribution in [0.1, 0.15) is 13.8 Å². The molecule has 5 N–H and O–H groups in total. The summed E-state index contributed by atoms with van der Waals surface area (Å²) in [6, 6.07) is 7.62. The Kier molecular flexibility index (Phi) is 6.09. The van der Waals surface area contributed by atoms with Gasteiger partial charge in [-0.25, -0.2) is 0 Å². The average Bonchev–Trinajstić information content (AvgIpc) is 2.76. The zero-order valence-electron chi connectivity index (χ0n) is 18.0. The Morgan fingerprint density at radius 1 is 1.00 bits per heavy atom. The third-order valence-electron chi connectivity index (χ3n) is 5.36. The maximum Gasteiger partial charge on any atom is 0.303 e. The van der Waals surface area contributed by atoms with E-state index in [0.29, 0.717) is 0 Å². The molecule has 1 fully saturated rings. The number of phenolic OH excluding ortho intramolecular Hbond substituents is 3. The lowest BCUT2D eigenvalue weighted by atomic mass is 9.99. The molecule has 1 aliphatic rings. The van der Waals surface area contributed by atoms with Crippen LogP contribution >= 0.6 is 0 Å². The van der Waals surface area contributed by atoms with Crippen LogP contribution in [0.15, 0.2) is 45.6 Å². The Bertz CT molecular complexity index is 1280. The molecule has 1 aromatic heterocycles. The maximum atomic E-state index is 13.3. The Balaban J connectivity index is 1.82. The third-order valence-corrected chi connectivity index (χ3v) is 5.36. The maximum absolute atomic E-state index is 13.3. The predicted molar refractivity (Wildman–Crippen MR) is 115 cm³/mol. The van der Waals surface area contributed by atoms with E-state index >= 15 is 0 Å². The van der Waals surface area contributed by atoms with Crippen molar-refractivity contribution in [3.8, 4) is 34.3 Å². The van der Waals surface area contributed by atoms with Crippen LogP contribution in [0.4, 0.5) is 0 Å². The van der Waals surface area contributed by atoms with Gasteiger partial charge in [0.25, 0.3) is 0 Å². The van der Waals surface area contributed by atoms with Crippen LogP contribution in [0.5, 0.6) is 23.0 Å². The predicted octanol–water partition coefficient (Wildman–Crippen LogP) is 1.35. The van der Waals surface area contributed by atoms with Gasteiger partial charge in [0.2, 0.25) is 17.5 Å². The number of carbonyl (C=O) groups excluding carboxylic acids is 1. The van der Waals surface area contributed by atoms with Crippen LogP contribution in [-0.2, 0) is 14.3 Å². The minimum Gasteiger partial charge on any atom is -0.508 e. The second-order valence-electron chi connectivity index (χ2n) is 7.86. The van der Waals surface area contributed by atoms with E-state index in [1.54, 1.807) is 0 Å². The number of aromatic hydroxyl groups is 3. The summed E-state index contributed by atoms with van der Waals surface area (Å²) in [4.78, 5) is 24.6. The minimum absolute atomic E-state index is 0.0517. The molecule has 4 rings (SSSR count). The Morgan fingerprint density at radius 2 is 1.68 bits per heavy atom. The molecule has 11 nitrogen and oxygen atoms in total. The molecule has 0 amide bonds. The number of fused-ring (bicyclic) bond motifs is 1. The van der Waals surface area contributed by atoms with Crippen molar-refractivity contribution in [2.24, 2.45) is 0 Å². The van der Waals surface area contributed by atoms with Gasteiger partial charge in [-0.05, 0) is 31.2 Å². The highest BCUT2D eigenvalue weighted by Gasteiger charge is 2.46. The number of aliphatic hydroxyl groups is 2. The summed E-state index contributed by atoms with van der Waals surface area (Å²) in [5, 5.41) is 50.4. The topological polar surface area (TPSA) is 176 Å². The van der Waals surface area contributed by atoms with Crippen molar-refractivity contribution in [1.29, 1.82) is 0 Å². The molecular formula is C23H22O11. The zero-order valence-corrected chi connectivity index (χ0v) is 18.0. The van der Waals surface area contributed by atoms with Gasteiger partial charge in [0.05, 0.1) is 6.10 Å². The van der Waals surface area contributed by atoms with Crippen molar-refractivity contribution in [2.45, 2.75) is 44.6 Å². The minimum atomic E-state index is -1.73. The summed E-state index contributed by atoms with van der Waals surface area (Å²) in [6.45, 7) is 2.63. The van der Waals surface area contributed by atoms with E-state index in [0.717, 1.165) is 19.1 Å². The summed E-state index contributed by atoms with van der Waals surface area (Å²) in [7, 11) is 0. The van der Waals surface area contributed by atoms with Gasteiger partial charge in [0.15, 0.2) is 11.9 Å². The number of carbonyl (C=O) groups is 1. The number of rotatable bonds is 4. The number of phenols is 3. The SMILES string of the molecule is CC(=O)O[C@@H]1[C@@H](O)[C@@H](O)C(Oc2c(-c3ccc(O)cc3)oc3cc(O)cc(O)c3c2=O)O[C@H]1C. The molecular weight excluding hydrogens is 452 g/mol. The molecule has 3 aromatic rings. The first kappa shape index (κ1) is 23.4. The number of hydrogen-bond acceptors (Lipinski definition) is 11. The lowest BCUT2D eigenvalue weighted by Crippen LogP contribution is -2.59. The number of hydrogen-bond donors (Lipinski definition) is 5. The highest BCUT2D eigenvalue weighted by atomic mass is 16.7. The van der Waals surface area contributed by atoms with Crippen molar-refractivity contribution >= 4 is 16.9 Å². The van der Waals surface area contributed by atoms with E-state index in [1.807, 2.05) is 0 Å². The second kappa shape index (κ2) is 8.86. The van der Waals surface area contributed by atoms with E-state index < -0.39 is 53.6 Å². The first-order valence-electron chi connectivity index (χ1n) is 10.2. The highest BCUT2D eigenvalue weighted by molar-refractivity contribution is 5.88. The van der Waals surface area contributed by atoms with Crippen LogP contribution in [0.3, 0.4) is 0 Å². The fourth-order valence-corrected chi connectivity index (χ4v) is 3.75. The average molecular weight is 474 g/mol. The monoisotopic (exact) mass is 474 g/mol. The number of aliphatic hydroxyl groups excluding tert-OH is 2. The number of benzene rings is 2. The quantitative estimate of drug-likeness (QED) is 0.345. The van der Waals surface area contributed by atoms with Gasteiger partial charge in [-0.15, -0.1) is 0 Å². The molecule has 0 saturated carbocycles. The van der Waals surface area contributed by atoms with Gasteiger partial charge >= 0.3 is 5.97 Å². The van der Waals surface area contributed by atoms with E-state index in [2.05, 4.69) is 0 Å². The van der Waals surface area contributed by atoms with Crippen LogP contribution in [0, 0.1) is 0 Å². The third kappa shape index (κ3) is 4.23. The normalized spacial score (nSPS) is 24.6. The summed E-state index contributed by atoms with van der Waals surface area (Å²) in [5.74, 6) is -2.27. The van der Waals surface area contributed by atoms with Gasteiger partial charge in [-0.2, -0.15) is 0 Å². The van der Waals surface area contributed by atoms with E-state index in [-0.39, 0.29) is 33.8 Å². The molecule has 1 saturated heterocycles. The standard InChI is InChI=1S/C23H22O11/c1-9-20(32-10(2)24)18(29)19(30)23(31-9)34-22-17(28)16-14(27)7-13(26)8-15(16)33-21(22)11-3-5-12(25)6-4-11/h3-9,18-20,23,25-27,29-30H,1-2H3/t9-,18-,19+,20-,23?/m0/s1. The highest BCUT2D eigenvalue weighted by Crippen LogP contribution is 2.37. The van der Waals surface area contributed by atoms with Crippen molar-refractivity contribution in [3.63, 3.8) is 0 Å². The van der Waals surface area contributed by atoms with E-state index in [4.69, 9.17) is 18.6 Å². The number of ether oxygens (including phenoxy) is 3. The first-order chi connectivity index (χ1) is 16.1. The number of esters is 1. The van der Waals surface area contributed by atoms with Gasteiger partial charge in [0, 0.05) is 24.6 Å². The van der Waals surface area contributed by atoms with Crippen LogP contribution in [0.25, 0.3) is 22.3 Å². The lowest BCUT2D eigenvalue weighted by molar-refractivity contribution is -0.272. The zero-order chi connectivity index (χ0) is 24.7. The Morgan fingerprint density at radius 3 is 2.32 bits per heavy atom. The van der Waals surface area contributed by atoms with E-state index in [1.165, 1.54) is 31.2 Å². The van der Waals surface area contributed by atoms with Crippen LogP contribution < -0.4 is 10.2 Å². The van der Waals surface area contributed by atoms with E-state index in [9.17, 15) is 35.1 Å². The summed E-state index contributed by atoms with van der Waals surface area (Å²) >= 11 is 0. The molecule has 0 spiro atoms. The molecule has 34 heavy (non-hydrogen) atoms.